The summed E-state index contributed by atoms with van der Waals surface area (Å²) in [6, 6.07) is 0. The molecule has 0 spiro atoms. The van der Waals surface area contributed by atoms with Crippen LogP contribution in [0.3, 0.4) is 0 Å². The van der Waals surface area contributed by atoms with Crippen molar-refractivity contribution in [1.29, 1.82) is 0 Å². The fraction of sp³-hybridized carbons (Fsp3) is 0.714. The van der Waals surface area contributed by atoms with E-state index in [1.54, 1.807) is 0 Å². The second kappa shape index (κ2) is 4.48. The van der Waals surface area contributed by atoms with Gasteiger partial charge in [-0.05, 0) is 12.3 Å². The minimum absolute atomic E-state index is 0.312. The lowest BCUT2D eigenvalue weighted by Crippen LogP contribution is -2.08. The molecule has 0 fully saturated rings. The van der Waals surface area contributed by atoms with Crippen LogP contribution in [0, 0.1) is 5.92 Å². The molecule has 0 radical (unpaired) electrons. The van der Waals surface area contributed by atoms with Crippen LogP contribution < -0.4 is 0 Å². The molecule has 0 aromatic rings. The summed E-state index contributed by atoms with van der Waals surface area (Å²) >= 11 is 16.7. The topological polar surface area (TPSA) is 0 Å². The van der Waals surface area contributed by atoms with Gasteiger partial charge < -0.3 is 0 Å². The summed E-state index contributed by atoms with van der Waals surface area (Å²) < 4.78 is -1.13. The molecule has 0 saturated carbocycles. The van der Waals surface area contributed by atoms with Crippen LogP contribution >= 0.6 is 34.8 Å². The molecule has 0 aromatic heterocycles. The minimum atomic E-state index is -1.13. The van der Waals surface area contributed by atoms with Gasteiger partial charge in [0.2, 0.25) is 0 Å². The molecule has 0 amide bonds. The van der Waals surface area contributed by atoms with Crippen LogP contribution in [0.4, 0.5) is 0 Å². The van der Waals surface area contributed by atoms with E-state index >= 15 is 0 Å². The first-order valence-electron chi connectivity index (χ1n) is 3.19. The molecule has 0 aliphatic rings. The lowest BCUT2D eigenvalue weighted by molar-refractivity contribution is 0.582. The number of hydrogen-bond donors (Lipinski definition) is 0. The zero-order valence-electron chi connectivity index (χ0n) is 5.91. The van der Waals surface area contributed by atoms with Crippen molar-refractivity contribution in [1.82, 2.24) is 0 Å². The molecule has 0 nitrogen and oxygen atoms in total. The van der Waals surface area contributed by atoms with Crippen LogP contribution in [0.2, 0.25) is 0 Å². The van der Waals surface area contributed by atoms with Gasteiger partial charge in [0.1, 0.15) is 0 Å². The van der Waals surface area contributed by atoms with Crippen molar-refractivity contribution < 1.29 is 0 Å². The Morgan fingerprint density at radius 1 is 1.50 bits per heavy atom. The van der Waals surface area contributed by atoms with E-state index in [-0.39, 0.29) is 0 Å². The van der Waals surface area contributed by atoms with E-state index in [1.807, 2.05) is 13.0 Å². The molecule has 0 saturated heterocycles. The number of hydrogen-bond acceptors (Lipinski definition) is 0. The second-order valence-corrected chi connectivity index (χ2v) is 4.74. The van der Waals surface area contributed by atoms with Crippen molar-refractivity contribution in [2.45, 2.75) is 23.6 Å². The van der Waals surface area contributed by atoms with Gasteiger partial charge in [-0.1, -0.05) is 47.8 Å². The summed E-state index contributed by atoms with van der Waals surface area (Å²) in [6.07, 6.45) is 3.34. The lowest BCUT2D eigenvalue weighted by Gasteiger charge is -2.15. The van der Waals surface area contributed by atoms with Crippen LogP contribution in [-0.2, 0) is 0 Å². The first-order valence-corrected chi connectivity index (χ1v) is 4.32. The summed E-state index contributed by atoms with van der Waals surface area (Å²) in [5, 5.41) is 0. The Hall–Kier alpha value is 0.610. The highest BCUT2D eigenvalue weighted by atomic mass is 35.6. The molecule has 60 valence electrons. The van der Waals surface area contributed by atoms with Gasteiger partial charge in [-0.15, -0.1) is 6.58 Å². The number of allylic oxidation sites excluding steroid dienone is 1. The summed E-state index contributed by atoms with van der Waals surface area (Å²) in [4.78, 5) is 0. The van der Waals surface area contributed by atoms with Gasteiger partial charge in [0.25, 0.3) is 0 Å². The molecule has 0 rings (SSSR count). The number of alkyl halides is 3. The molecule has 3 heteroatoms. The molecule has 0 aromatic carbocycles. The van der Waals surface area contributed by atoms with Crippen molar-refractivity contribution in [3.8, 4) is 0 Å². The fourth-order valence-electron chi connectivity index (χ4n) is 0.692. The summed E-state index contributed by atoms with van der Waals surface area (Å²) in [5.74, 6) is 0.312. The van der Waals surface area contributed by atoms with Crippen molar-refractivity contribution in [3.05, 3.63) is 12.7 Å². The van der Waals surface area contributed by atoms with Crippen molar-refractivity contribution >= 4 is 34.8 Å². The van der Waals surface area contributed by atoms with Crippen LogP contribution in [-0.4, -0.2) is 3.79 Å². The summed E-state index contributed by atoms with van der Waals surface area (Å²) in [7, 11) is 0. The third kappa shape index (κ3) is 5.40. The lowest BCUT2D eigenvalue weighted by atomic mass is 10.0. The molecule has 0 aliphatic heterocycles. The van der Waals surface area contributed by atoms with E-state index in [1.165, 1.54) is 0 Å². The van der Waals surface area contributed by atoms with Crippen LogP contribution in [0.5, 0.6) is 0 Å². The molecule has 0 N–H and O–H groups in total. The maximum Gasteiger partial charge on any atom is 0.191 e. The molecule has 1 unspecified atom stereocenters. The van der Waals surface area contributed by atoms with Crippen LogP contribution in [0.15, 0.2) is 12.7 Å². The molecular weight excluding hydrogens is 190 g/mol. The van der Waals surface area contributed by atoms with Gasteiger partial charge in [0.15, 0.2) is 3.79 Å². The predicted molar refractivity (Wildman–Crippen MR) is 48.9 cm³/mol. The van der Waals surface area contributed by atoms with Gasteiger partial charge in [0, 0.05) is 6.42 Å². The zero-order chi connectivity index (χ0) is 8.20. The first kappa shape index (κ1) is 10.6. The largest absolute Gasteiger partial charge is 0.191 e. The van der Waals surface area contributed by atoms with Gasteiger partial charge in [-0.3, -0.25) is 0 Å². The minimum Gasteiger partial charge on any atom is -0.103 e. The van der Waals surface area contributed by atoms with E-state index in [0.29, 0.717) is 12.3 Å². The highest BCUT2D eigenvalue weighted by Crippen LogP contribution is 2.34. The van der Waals surface area contributed by atoms with Crippen LogP contribution in [0.25, 0.3) is 0 Å². The van der Waals surface area contributed by atoms with Crippen molar-refractivity contribution in [3.63, 3.8) is 0 Å². The van der Waals surface area contributed by atoms with Gasteiger partial charge in [-0.25, -0.2) is 0 Å². The van der Waals surface area contributed by atoms with Gasteiger partial charge in [-0.2, -0.15) is 0 Å². The van der Waals surface area contributed by atoms with E-state index in [2.05, 4.69) is 6.58 Å². The Morgan fingerprint density at radius 3 is 2.10 bits per heavy atom. The third-order valence-corrected chi connectivity index (χ3v) is 1.81. The standard InChI is InChI=1S/C7H11Cl3/c1-3-6(4-2)5-7(8,9)10/h3,6H,1,4-5H2,2H3. The summed E-state index contributed by atoms with van der Waals surface area (Å²) in [6.45, 7) is 5.68. The Kier molecular flexibility index (Phi) is 4.75. The maximum atomic E-state index is 5.57. The van der Waals surface area contributed by atoms with Crippen molar-refractivity contribution in [2.75, 3.05) is 0 Å². The molecule has 0 aliphatic carbocycles. The van der Waals surface area contributed by atoms with E-state index in [9.17, 15) is 0 Å². The number of halogens is 3. The molecular formula is C7H11Cl3. The highest BCUT2D eigenvalue weighted by Gasteiger charge is 2.22. The second-order valence-electron chi connectivity index (χ2n) is 2.22. The predicted octanol–water partition coefficient (Wildman–Crippen LogP) is 3.96. The Morgan fingerprint density at radius 2 is 2.00 bits per heavy atom. The quantitative estimate of drug-likeness (QED) is 0.479. The number of rotatable bonds is 3. The van der Waals surface area contributed by atoms with E-state index in [0.717, 1.165) is 6.42 Å². The molecule has 0 heterocycles. The fourth-order valence-corrected chi connectivity index (χ4v) is 1.29. The highest BCUT2D eigenvalue weighted by molar-refractivity contribution is 6.67. The van der Waals surface area contributed by atoms with E-state index < -0.39 is 3.79 Å². The maximum absolute atomic E-state index is 5.57. The smallest absolute Gasteiger partial charge is 0.103 e. The Bertz CT molecular complexity index is 104. The van der Waals surface area contributed by atoms with Gasteiger partial charge in [0.05, 0.1) is 0 Å². The molecule has 1 atom stereocenters. The average molecular weight is 202 g/mol. The average Bonchev–Trinajstić information content (AvgIpc) is 1.81. The van der Waals surface area contributed by atoms with Crippen LogP contribution in [0.1, 0.15) is 19.8 Å². The molecule has 10 heavy (non-hydrogen) atoms. The zero-order valence-corrected chi connectivity index (χ0v) is 8.18. The summed E-state index contributed by atoms with van der Waals surface area (Å²) in [5.41, 5.74) is 0. The third-order valence-electron chi connectivity index (χ3n) is 1.35. The Balaban J connectivity index is 3.74. The van der Waals surface area contributed by atoms with Crippen molar-refractivity contribution in [2.24, 2.45) is 5.92 Å². The van der Waals surface area contributed by atoms with E-state index in [4.69, 9.17) is 34.8 Å². The monoisotopic (exact) mass is 200 g/mol. The SMILES string of the molecule is C=CC(CC)CC(Cl)(Cl)Cl. The van der Waals surface area contributed by atoms with Gasteiger partial charge >= 0.3 is 0 Å². The molecule has 0 bridgehead atoms. The normalized spacial score (nSPS) is 14.8. The first-order chi connectivity index (χ1) is 4.49. The Labute approximate surface area is 77.1 Å².